The lowest BCUT2D eigenvalue weighted by Crippen LogP contribution is -2.64. The Hall–Kier alpha value is -1.36. The van der Waals surface area contributed by atoms with Crippen LogP contribution < -0.4 is 0 Å². The van der Waals surface area contributed by atoms with E-state index in [-0.39, 0.29) is 28.1 Å². The van der Waals surface area contributed by atoms with Gasteiger partial charge in [-0.2, -0.15) is 10.5 Å². The summed E-state index contributed by atoms with van der Waals surface area (Å²) in [6.45, 7) is 3.47. The Bertz CT molecular complexity index is 712. The first kappa shape index (κ1) is 15.9. The predicted octanol–water partition coefficient (Wildman–Crippen LogP) is 3.95. The molecule has 6 aliphatic rings. The van der Waals surface area contributed by atoms with E-state index in [4.69, 9.17) is 9.47 Å². The average molecular weight is 338 g/mol. The molecule has 4 fully saturated rings. The van der Waals surface area contributed by atoms with Crippen molar-refractivity contribution in [1.82, 2.24) is 0 Å². The van der Waals surface area contributed by atoms with Crippen LogP contribution in [-0.4, -0.2) is 19.0 Å². The number of hydrogen-bond donors (Lipinski definition) is 0. The van der Waals surface area contributed by atoms with Crippen LogP contribution in [0.3, 0.4) is 0 Å². The van der Waals surface area contributed by atoms with Gasteiger partial charge in [0.2, 0.25) is 0 Å². The van der Waals surface area contributed by atoms with E-state index in [0.717, 1.165) is 44.9 Å². The van der Waals surface area contributed by atoms with Crippen molar-refractivity contribution in [3.63, 3.8) is 0 Å². The molecule has 1 heterocycles. The summed E-state index contributed by atoms with van der Waals surface area (Å²) in [4.78, 5) is 0. The van der Waals surface area contributed by atoms with Crippen molar-refractivity contribution in [2.75, 3.05) is 13.2 Å². The molecule has 1 aliphatic heterocycles. The van der Waals surface area contributed by atoms with Gasteiger partial charge in [-0.25, -0.2) is 0 Å². The number of fused-ring (bicyclic) bond motifs is 1. The Balaban J connectivity index is 1.59. The molecule has 4 nitrogen and oxygen atoms in total. The lowest BCUT2D eigenvalue weighted by molar-refractivity contribution is -0.259. The first-order valence-electron chi connectivity index (χ1n) is 9.82. The number of nitrogens with zero attached hydrogens (tertiary/aromatic N) is 2. The summed E-state index contributed by atoms with van der Waals surface area (Å²) in [6, 6.07) is 5.41. The molecule has 4 heteroatoms. The minimum absolute atomic E-state index is 0.0129. The molecule has 0 radical (unpaired) electrons. The van der Waals surface area contributed by atoms with E-state index in [1.807, 2.05) is 0 Å². The lowest BCUT2D eigenvalue weighted by atomic mass is 9.38. The first-order valence-corrected chi connectivity index (χ1v) is 9.82. The number of allylic oxidation sites excluding steroid dienone is 1. The van der Waals surface area contributed by atoms with Crippen molar-refractivity contribution in [2.45, 2.75) is 57.7 Å². The van der Waals surface area contributed by atoms with Crippen molar-refractivity contribution in [1.29, 1.82) is 10.5 Å². The molecule has 1 saturated heterocycles. The van der Waals surface area contributed by atoms with Crippen LogP contribution >= 0.6 is 0 Å². The highest BCUT2D eigenvalue weighted by molar-refractivity contribution is 5.30. The van der Waals surface area contributed by atoms with Crippen molar-refractivity contribution < 1.29 is 9.47 Å². The van der Waals surface area contributed by atoms with Gasteiger partial charge in [0.1, 0.15) is 0 Å². The standard InChI is InChI=1S/C21H26N2O2/c1-18(13-22)5-2-6-20(14-23)16(18)4-8-19-7-3-15(11-17(19)20)21(12-19)24-9-10-25-21/h3,7,15-17H,2,4-6,8-12H2,1H3/t15?,16-,17?,18?,19-,20?/m1/s1. The summed E-state index contributed by atoms with van der Waals surface area (Å²) in [5, 5.41) is 20.3. The van der Waals surface area contributed by atoms with Crippen molar-refractivity contribution in [2.24, 2.45) is 34.0 Å². The van der Waals surface area contributed by atoms with Gasteiger partial charge in [0, 0.05) is 12.3 Å². The maximum absolute atomic E-state index is 10.4. The van der Waals surface area contributed by atoms with Gasteiger partial charge in [-0.15, -0.1) is 0 Å². The topological polar surface area (TPSA) is 66.0 Å². The van der Waals surface area contributed by atoms with Gasteiger partial charge in [0.15, 0.2) is 5.79 Å². The summed E-state index contributed by atoms with van der Waals surface area (Å²) < 4.78 is 12.2. The number of ether oxygens (including phenoxy) is 2. The summed E-state index contributed by atoms with van der Waals surface area (Å²) >= 11 is 0. The van der Waals surface area contributed by atoms with E-state index in [2.05, 4.69) is 31.2 Å². The minimum atomic E-state index is -0.443. The monoisotopic (exact) mass is 338 g/mol. The van der Waals surface area contributed by atoms with Crippen LogP contribution in [0.15, 0.2) is 12.2 Å². The highest BCUT2D eigenvalue weighted by atomic mass is 16.7. The normalized spacial score (nSPS) is 52.2. The smallest absolute Gasteiger partial charge is 0.175 e. The van der Waals surface area contributed by atoms with E-state index in [0.29, 0.717) is 19.1 Å². The third kappa shape index (κ3) is 1.78. The molecule has 2 spiro atoms. The molecule has 0 amide bonds. The Morgan fingerprint density at radius 2 is 1.84 bits per heavy atom. The Kier molecular flexibility index (Phi) is 3.09. The zero-order chi connectivity index (χ0) is 17.3. The second-order valence-corrected chi connectivity index (χ2v) is 9.30. The maximum atomic E-state index is 10.4. The summed E-state index contributed by atoms with van der Waals surface area (Å²) in [5.74, 6) is 0.349. The highest BCUT2D eigenvalue weighted by Gasteiger charge is 2.69. The van der Waals surface area contributed by atoms with Crippen LogP contribution in [0, 0.1) is 56.7 Å². The van der Waals surface area contributed by atoms with Crippen molar-refractivity contribution in [3.05, 3.63) is 12.2 Å². The second kappa shape index (κ2) is 4.87. The second-order valence-electron chi connectivity index (χ2n) is 9.30. The summed E-state index contributed by atoms with van der Waals surface area (Å²) in [5.41, 5.74) is -0.697. The third-order valence-corrected chi connectivity index (χ3v) is 8.42. The molecule has 0 aromatic heterocycles. The average Bonchev–Trinajstić information content (AvgIpc) is 3.09. The van der Waals surface area contributed by atoms with Crippen LogP contribution in [0.5, 0.6) is 0 Å². The summed E-state index contributed by atoms with van der Waals surface area (Å²) in [6.07, 6.45) is 11.5. The van der Waals surface area contributed by atoms with Gasteiger partial charge in [-0.1, -0.05) is 18.6 Å². The fraction of sp³-hybridized carbons (Fsp3) is 0.810. The third-order valence-electron chi connectivity index (χ3n) is 8.42. The Labute approximate surface area is 149 Å². The fourth-order valence-corrected chi connectivity index (χ4v) is 7.36. The van der Waals surface area contributed by atoms with E-state index in [1.54, 1.807) is 0 Å². The van der Waals surface area contributed by atoms with E-state index in [9.17, 15) is 10.5 Å². The van der Waals surface area contributed by atoms with Gasteiger partial charge in [-0.05, 0) is 56.3 Å². The number of nitriles is 2. The molecule has 0 aromatic carbocycles. The van der Waals surface area contributed by atoms with Gasteiger partial charge >= 0.3 is 0 Å². The molecular formula is C21H26N2O2. The maximum Gasteiger partial charge on any atom is 0.175 e. The SMILES string of the molecule is CC1(C#N)CCCC2(C#N)C3CC4C=C[C@@]3(CC[C@H]12)CC41OCCO1. The van der Waals surface area contributed by atoms with E-state index >= 15 is 0 Å². The minimum Gasteiger partial charge on any atom is -0.347 e. The molecular weight excluding hydrogens is 312 g/mol. The molecule has 0 aromatic rings. The predicted molar refractivity (Wildman–Crippen MR) is 90.8 cm³/mol. The molecule has 5 aliphatic carbocycles. The molecule has 4 unspecified atom stereocenters. The quantitative estimate of drug-likeness (QED) is 0.627. The molecule has 2 bridgehead atoms. The molecule has 6 atom stereocenters. The van der Waals surface area contributed by atoms with Crippen molar-refractivity contribution in [3.8, 4) is 12.1 Å². The van der Waals surface area contributed by atoms with E-state index < -0.39 is 5.79 Å². The van der Waals surface area contributed by atoms with Crippen LogP contribution in [-0.2, 0) is 9.47 Å². The summed E-state index contributed by atoms with van der Waals surface area (Å²) in [7, 11) is 0. The number of hydrogen-bond acceptors (Lipinski definition) is 4. The molecule has 0 N–H and O–H groups in total. The molecule has 3 saturated carbocycles. The van der Waals surface area contributed by atoms with Crippen LogP contribution in [0.2, 0.25) is 0 Å². The molecule has 132 valence electrons. The first-order chi connectivity index (χ1) is 12.0. The van der Waals surface area contributed by atoms with Crippen LogP contribution in [0.4, 0.5) is 0 Å². The largest absolute Gasteiger partial charge is 0.347 e. The fourth-order valence-electron chi connectivity index (χ4n) is 7.36. The van der Waals surface area contributed by atoms with Gasteiger partial charge in [0.05, 0.1) is 36.2 Å². The Morgan fingerprint density at radius 1 is 1.04 bits per heavy atom. The van der Waals surface area contributed by atoms with Crippen LogP contribution in [0.25, 0.3) is 0 Å². The van der Waals surface area contributed by atoms with Gasteiger partial charge in [-0.3, -0.25) is 0 Å². The lowest BCUT2D eigenvalue weighted by Gasteiger charge is -2.65. The zero-order valence-corrected chi connectivity index (χ0v) is 15.0. The van der Waals surface area contributed by atoms with E-state index in [1.165, 1.54) is 0 Å². The van der Waals surface area contributed by atoms with Crippen molar-refractivity contribution >= 4 is 0 Å². The Morgan fingerprint density at radius 3 is 2.56 bits per heavy atom. The van der Waals surface area contributed by atoms with Gasteiger partial charge in [0.25, 0.3) is 0 Å². The molecule has 6 rings (SSSR count). The van der Waals surface area contributed by atoms with Gasteiger partial charge < -0.3 is 9.47 Å². The van der Waals surface area contributed by atoms with Crippen LogP contribution in [0.1, 0.15) is 51.9 Å². The number of rotatable bonds is 0. The highest BCUT2D eigenvalue weighted by Crippen LogP contribution is 2.71. The molecule has 25 heavy (non-hydrogen) atoms. The zero-order valence-electron chi connectivity index (χ0n) is 15.0.